The highest BCUT2D eigenvalue weighted by atomic mass is 32.2. The second kappa shape index (κ2) is 6.21. The smallest absolute Gasteiger partial charge is 0.114 e. The standard InChI is InChI=1S/C14H19N3S/c1-17(2)7-8-18-14-12(10-15)9-11-5-3-4-6-13(11)16-14/h9H,3-8H2,1-2H3. The Hall–Kier alpha value is -1.05. The van der Waals surface area contributed by atoms with Crippen molar-refractivity contribution in [3.8, 4) is 6.07 Å². The van der Waals surface area contributed by atoms with Crippen molar-refractivity contribution in [3.63, 3.8) is 0 Å². The molecule has 3 nitrogen and oxygen atoms in total. The van der Waals surface area contributed by atoms with Gasteiger partial charge in [0, 0.05) is 18.0 Å². The Morgan fingerprint density at radius 3 is 2.89 bits per heavy atom. The number of pyridine rings is 1. The van der Waals surface area contributed by atoms with E-state index in [2.05, 4.69) is 31.1 Å². The van der Waals surface area contributed by atoms with Crippen molar-refractivity contribution in [3.05, 3.63) is 22.9 Å². The fourth-order valence-electron chi connectivity index (χ4n) is 2.13. The minimum atomic E-state index is 0.749. The Labute approximate surface area is 113 Å². The first-order chi connectivity index (χ1) is 8.70. The maximum absolute atomic E-state index is 9.21. The van der Waals surface area contributed by atoms with Crippen molar-refractivity contribution < 1.29 is 0 Å². The van der Waals surface area contributed by atoms with E-state index in [1.807, 2.05) is 0 Å². The van der Waals surface area contributed by atoms with Gasteiger partial charge in [0.1, 0.15) is 11.1 Å². The zero-order valence-corrected chi connectivity index (χ0v) is 11.9. The van der Waals surface area contributed by atoms with Crippen molar-refractivity contribution >= 4 is 11.8 Å². The molecule has 1 heterocycles. The van der Waals surface area contributed by atoms with E-state index >= 15 is 0 Å². The molecule has 0 unspecified atom stereocenters. The van der Waals surface area contributed by atoms with Gasteiger partial charge in [-0.15, -0.1) is 11.8 Å². The van der Waals surface area contributed by atoms with Crippen LogP contribution in [0.15, 0.2) is 11.1 Å². The molecule has 2 rings (SSSR count). The Morgan fingerprint density at radius 1 is 1.39 bits per heavy atom. The van der Waals surface area contributed by atoms with Crippen LogP contribution in [0.2, 0.25) is 0 Å². The topological polar surface area (TPSA) is 39.9 Å². The van der Waals surface area contributed by atoms with Crippen LogP contribution in [0.1, 0.15) is 29.7 Å². The molecule has 1 aromatic rings. The first-order valence-corrected chi connectivity index (χ1v) is 7.39. The first-order valence-electron chi connectivity index (χ1n) is 6.41. The molecule has 0 saturated heterocycles. The highest BCUT2D eigenvalue weighted by Crippen LogP contribution is 2.27. The average Bonchev–Trinajstić information content (AvgIpc) is 2.37. The van der Waals surface area contributed by atoms with Gasteiger partial charge in [-0.2, -0.15) is 5.26 Å². The summed E-state index contributed by atoms with van der Waals surface area (Å²) in [5.41, 5.74) is 3.25. The molecule has 0 fully saturated rings. The molecule has 96 valence electrons. The zero-order chi connectivity index (χ0) is 13.0. The monoisotopic (exact) mass is 261 g/mol. The van der Waals surface area contributed by atoms with Gasteiger partial charge in [-0.25, -0.2) is 4.98 Å². The fourth-order valence-corrected chi connectivity index (χ4v) is 3.21. The molecular weight excluding hydrogens is 242 g/mol. The van der Waals surface area contributed by atoms with Crippen molar-refractivity contribution in [1.82, 2.24) is 9.88 Å². The summed E-state index contributed by atoms with van der Waals surface area (Å²) in [6.07, 6.45) is 4.61. The van der Waals surface area contributed by atoms with Crippen molar-refractivity contribution in [2.24, 2.45) is 0 Å². The number of nitriles is 1. The molecule has 0 aromatic carbocycles. The van der Waals surface area contributed by atoms with Gasteiger partial charge in [0.25, 0.3) is 0 Å². The van der Waals surface area contributed by atoms with Crippen LogP contribution in [0, 0.1) is 11.3 Å². The molecule has 18 heavy (non-hydrogen) atoms. The molecule has 1 aliphatic carbocycles. The second-order valence-electron chi connectivity index (χ2n) is 4.92. The molecule has 0 spiro atoms. The quantitative estimate of drug-likeness (QED) is 0.781. The number of thioether (sulfide) groups is 1. The second-order valence-corrected chi connectivity index (χ2v) is 6.00. The lowest BCUT2D eigenvalue weighted by Gasteiger charge is -2.16. The highest BCUT2D eigenvalue weighted by molar-refractivity contribution is 7.99. The summed E-state index contributed by atoms with van der Waals surface area (Å²) in [6, 6.07) is 4.34. The third kappa shape index (κ3) is 3.24. The largest absolute Gasteiger partial charge is 0.309 e. The minimum absolute atomic E-state index is 0.749. The SMILES string of the molecule is CN(C)CCSc1nc2c(cc1C#N)CCCC2. The van der Waals surface area contributed by atoms with Crippen molar-refractivity contribution in [2.75, 3.05) is 26.4 Å². The molecular formula is C14H19N3S. The van der Waals surface area contributed by atoms with Crippen LogP contribution in [0.4, 0.5) is 0 Å². The lowest BCUT2D eigenvalue weighted by molar-refractivity contribution is 0.437. The van der Waals surface area contributed by atoms with Crippen LogP contribution >= 0.6 is 11.8 Å². The Kier molecular flexibility index (Phi) is 4.62. The summed E-state index contributed by atoms with van der Waals surface area (Å²) in [5.74, 6) is 0.980. The Morgan fingerprint density at radius 2 is 2.17 bits per heavy atom. The third-order valence-corrected chi connectivity index (χ3v) is 4.13. The van der Waals surface area contributed by atoms with Gasteiger partial charge < -0.3 is 4.90 Å². The van der Waals surface area contributed by atoms with Gasteiger partial charge in [-0.3, -0.25) is 0 Å². The average molecular weight is 261 g/mol. The zero-order valence-electron chi connectivity index (χ0n) is 11.1. The van der Waals surface area contributed by atoms with Crippen molar-refractivity contribution in [2.45, 2.75) is 30.7 Å². The number of aryl methyl sites for hydroxylation is 2. The summed E-state index contributed by atoms with van der Waals surface area (Å²) < 4.78 is 0. The third-order valence-electron chi connectivity index (χ3n) is 3.16. The van der Waals surface area contributed by atoms with E-state index in [-0.39, 0.29) is 0 Å². The molecule has 0 amide bonds. The van der Waals surface area contributed by atoms with E-state index in [1.54, 1.807) is 11.8 Å². The van der Waals surface area contributed by atoms with E-state index in [9.17, 15) is 5.26 Å². The molecule has 0 saturated carbocycles. The van der Waals surface area contributed by atoms with Gasteiger partial charge >= 0.3 is 0 Å². The minimum Gasteiger partial charge on any atom is -0.309 e. The highest BCUT2D eigenvalue weighted by Gasteiger charge is 2.15. The van der Waals surface area contributed by atoms with Gasteiger partial charge in [-0.05, 0) is 51.4 Å². The van der Waals surface area contributed by atoms with E-state index in [1.165, 1.54) is 24.1 Å². The maximum Gasteiger partial charge on any atom is 0.114 e. The summed E-state index contributed by atoms with van der Waals surface area (Å²) in [5, 5.41) is 10.1. The lowest BCUT2D eigenvalue weighted by atomic mass is 9.95. The molecule has 1 aliphatic rings. The van der Waals surface area contributed by atoms with Gasteiger partial charge in [-0.1, -0.05) is 0 Å². The molecule has 0 radical (unpaired) electrons. The maximum atomic E-state index is 9.21. The number of hydrogen-bond donors (Lipinski definition) is 0. The van der Waals surface area contributed by atoms with Gasteiger partial charge in [0.05, 0.1) is 5.56 Å². The van der Waals surface area contributed by atoms with E-state index in [4.69, 9.17) is 4.98 Å². The molecule has 0 atom stereocenters. The molecule has 1 aromatic heterocycles. The van der Waals surface area contributed by atoms with Crippen molar-refractivity contribution in [1.29, 1.82) is 5.26 Å². The van der Waals surface area contributed by atoms with Crippen LogP contribution in [0.25, 0.3) is 0 Å². The number of nitrogens with zero attached hydrogens (tertiary/aromatic N) is 3. The van der Waals surface area contributed by atoms with Crippen LogP contribution in [-0.4, -0.2) is 36.3 Å². The van der Waals surface area contributed by atoms with Crippen LogP contribution in [-0.2, 0) is 12.8 Å². The van der Waals surface area contributed by atoms with E-state index in [0.29, 0.717) is 0 Å². The Balaban J connectivity index is 2.15. The molecule has 0 bridgehead atoms. The van der Waals surface area contributed by atoms with Crippen LogP contribution in [0.3, 0.4) is 0 Å². The van der Waals surface area contributed by atoms with E-state index in [0.717, 1.165) is 35.7 Å². The summed E-state index contributed by atoms with van der Waals surface area (Å²) in [7, 11) is 4.12. The summed E-state index contributed by atoms with van der Waals surface area (Å²) in [4.78, 5) is 6.85. The Bertz CT molecular complexity index is 463. The predicted molar refractivity (Wildman–Crippen MR) is 74.9 cm³/mol. The number of aromatic nitrogens is 1. The molecule has 4 heteroatoms. The number of rotatable bonds is 4. The lowest BCUT2D eigenvalue weighted by Crippen LogP contribution is -2.15. The summed E-state index contributed by atoms with van der Waals surface area (Å²) in [6.45, 7) is 1.01. The number of hydrogen-bond acceptors (Lipinski definition) is 4. The van der Waals surface area contributed by atoms with Crippen LogP contribution < -0.4 is 0 Å². The first kappa shape index (κ1) is 13.4. The van der Waals surface area contributed by atoms with Gasteiger partial charge in [0.2, 0.25) is 0 Å². The van der Waals surface area contributed by atoms with Crippen LogP contribution in [0.5, 0.6) is 0 Å². The molecule has 0 aliphatic heterocycles. The number of fused-ring (bicyclic) bond motifs is 1. The normalized spacial score (nSPS) is 14.3. The van der Waals surface area contributed by atoms with E-state index < -0.39 is 0 Å². The molecule has 0 N–H and O–H groups in total. The summed E-state index contributed by atoms with van der Waals surface area (Å²) >= 11 is 1.70. The van der Waals surface area contributed by atoms with Gasteiger partial charge in [0.15, 0.2) is 0 Å². The fraction of sp³-hybridized carbons (Fsp3) is 0.571. The predicted octanol–water partition coefficient (Wildman–Crippen LogP) is 2.49.